The molecule has 3 aromatic rings. The molecule has 2 bridgehead atoms. The van der Waals surface area contributed by atoms with Crippen molar-refractivity contribution < 1.29 is 48.8 Å². The van der Waals surface area contributed by atoms with Gasteiger partial charge in [-0.3, -0.25) is 24.4 Å². The number of ether oxygens (including phenoxy) is 4. The average Bonchev–Trinajstić information content (AvgIpc) is 3.45. The van der Waals surface area contributed by atoms with Crippen molar-refractivity contribution in [3.05, 3.63) is 85.1 Å². The number of hydrogen-bond donors (Lipinski definition) is 3. The highest BCUT2D eigenvalue weighted by atomic mass is 35.5. The fraction of sp³-hybridized carbons (Fsp3) is 0.405. The number of ketones is 2. The lowest BCUT2D eigenvalue weighted by molar-refractivity contribution is -0.134. The largest absolute Gasteiger partial charge is 0.733 e. The highest BCUT2D eigenvalue weighted by Crippen LogP contribution is 2.56. The summed E-state index contributed by atoms with van der Waals surface area (Å²) in [7, 11) is 4.08. The van der Waals surface area contributed by atoms with Crippen LogP contribution in [0, 0.1) is 17.0 Å². The maximum absolute atomic E-state index is 14.5. The molecule has 15 nitrogen and oxygen atoms in total. The number of anilines is 1. The molecule has 1 fully saturated rings. The number of benzene rings is 2. The van der Waals surface area contributed by atoms with Gasteiger partial charge in [0.25, 0.3) is 5.56 Å². The first kappa shape index (κ1) is 36.1. The monoisotopic (exact) mass is 750 g/mol. The average molecular weight is 751 g/mol. The normalized spacial score (nSPS) is 23.7. The van der Waals surface area contributed by atoms with Crippen LogP contribution in [-0.4, -0.2) is 82.4 Å². The van der Waals surface area contributed by atoms with Gasteiger partial charge < -0.3 is 49.1 Å². The predicted molar refractivity (Wildman–Crippen MR) is 188 cm³/mol. The number of aliphatic hydroxyl groups excluding tert-OH is 1. The fourth-order valence-corrected chi connectivity index (χ4v) is 8.69. The zero-order chi connectivity index (χ0) is 38.1. The lowest BCUT2D eigenvalue weighted by Crippen LogP contribution is -2.53. The van der Waals surface area contributed by atoms with Crippen LogP contribution in [0.2, 0.25) is 5.02 Å². The number of allylic oxidation sites excluding steroid dienone is 1. The molecule has 1 spiro atoms. The molecule has 1 aromatic heterocycles. The highest BCUT2D eigenvalue weighted by molar-refractivity contribution is 6.35. The second kappa shape index (κ2) is 13.3. The Morgan fingerprint density at radius 1 is 1.04 bits per heavy atom. The summed E-state index contributed by atoms with van der Waals surface area (Å²) in [5.41, 5.74) is -2.39. The zero-order valence-corrected chi connectivity index (χ0v) is 30.0. The van der Waals surface area contributed by atoms with Gasteiger partial charge in [0.15, 0.2) is 28.8 Å². The van der Waals surface area contributed by atoms with Gasteiger partial charge in [-0.05, 0) is 42.2 Å². The molecule has 5 atom stereocenters. The van der Waals surface area contributed by atoms with E-state index in [1.807, 2.05) is 0 Å². The number of rotatable bonds is 8. The summed E-state index contributed by atoms with van der Waals surface area (Å²) in [4.78, 5) is 57.5. The molecule has 4 aliphatic rings. The van der Waals surface area contributed by atoms with Crippen LogP contribution in [-0.2, 0) is 16.1 Å². The third kappa shape index (κ3) is 5.56. The number of likely N-dealkylation sites (tertiary alicyclic amines) is 1. The van der Waals surface area contributed by atoms with Crippen LogP contribution in [0.15, 0.2) is 52.5 Å². The number of nitrogens with zero attached hydrogens (tertiary/aromatic N) is 3. The number of Topliss-reactive ketones (excluding diaryl/α,β-unsaturated/α-hetero) is 2. The van der Waals surface area contributed by atoms with Gasteiger partial charge in [0.2, 0.25) is 17.3 Å². The molecule has 7 rings (SSSR count). The van der Waals surface area contributed by atoms with Gasteiger partial charge in [-0.25, -0.2) is 0 Å². The Balaban J connectivity index is 1.30. The van der Waals surface area contributed by atoms with Gasteiger partial charge in [0.1, 0.15) is 27.8 Å². The number of aliphatic hydroxyl groups is 1. The standard InChI is InChI=1S/C37H37ClN3O12/c1-17-9-25(43)30(34(45)37(17)35(46)31-27(51-3)13-28(52-4)32(38)33(31)53-37)21(19-5-8-24(42)26(11-19)50-2)12-29(44)39-14-18-10-20(16-39)22-6-7-23(41(48)49)36(47)40(22)15-18/h5-8,11,13,17-18,20-21,42,45,48H,9-10,12,14-16H2,1-4H3/q-1/t17-,18-,20+,21?,37+/m1/s1. The second-order valence-electron chi connectivity index (χ2n) is 13.9. The van der Waals surface area contributed by atoms with E-state index in [1.165, 1.54) is 56.2 Å². The number of fused-ring (bicyclic) bond motifs is 5. The van der Waals surface area contributed by atoms with Crippen LogP contribution in [0.1, 0.15) is 59.6 Å². The van der Waals surface area contributed by atoms with E-state index in [4.69, 9.17) is 30.5 Å². The number of phenols is 1. The molecular weight excluding hydrogens is 714 g/mol. The Kier molecular flexibility index (Phi) is 9.07. The predicted octanol–water partition coefficient (Wildman–Crippen LogP) is 4.48. The summed E-state index contributed by atoms with van der Waals surface area (Å²) in [6.07, 6.45) is 0.124. The van der Waals surface area contributed by atoms with E-state index in [0.717, 1.165) is 0 Å². The van der Waals surface area contributed by atoms with E-state index in [1.54, 1.807) is 17.9 Å². The number of amides is 1. The van der Waals surface area contributed by atoms with Crippen LogP contribution in [0.3, 0.4) is 0 Å². The van der Waals surface area contributed by atoms with Crippen LogP contribution in [0.25, 0.3) is 0 Å². The lowest BCUT2D eigenvalue weighted by Gasteiger charge is -2.43. The van der Waals surface area contributed by atoms with E-state index in [9.17, 15) is 39.8 Å². The Hall–Kier alpha value is -5.25. The number of aromatic hydroxyl groups is 1. The molecule has 3 aliphatic heterocycles. The minimum atomic E-state index is -2.09. The van der Waals surface area contributed by atoms with Gasteiger partial charge in [0.05, 0.1) is 21.3 Å². The Morgan fingerprint density at radius 2 is 1.75 bits per heavy atom. The van der Waals surface area contributed by atoms with Crippen LogP contribution >= 0.6 is 11.6 Å². The Morgan fingerprint density at radius 3 is 2.43 bits per heavy atom. The maximum Gasteiger partial charge on any atom is 0.275 e. The van der Waals surface area contributed by atoms with E-state index in [0.29, 0.717) is 17.7 Å². The third-order valence-electron chi connectivity index (χ3n) is 11.0. The number of halogens is 1. The van der Waals surface area contributed by atoms with Gasteiger partial charge in [-0.2, -0.15) is 0 Å². The molecule has 0 saturated carbocycles. The summed E-state index contributed by atoms with van der Waals surface area (Å²) in [6.45, 7) is 2.30. The molecule has 3 N–H and O–H groups in total. The van der Waals surface area contributed by atoms with Crippen LogP contribution < -0.4 is 29.7 Å². The SMILES string of the molecule is COc1cc(C(CC(=O)N2C[C@H]3C[C@@H](C2)c2ccc(N([O-])O)c(=O)n2C3)C2=C(O)[C@@]3(Oc4c(Cl)c(OC)cc(OC)c4C3=O)[C@H](C)CC2=O)ccc1O. The number of aromatic nitrogens is 1. The highest BCUT2D eigenvalue weighted by Gasteiger charge is 2.61. The van der Waals surface area contributed by atoms with E-state index in [2.05, 4.69) is 0 Å². The van der Waals surface area contributed by atoms with Crippen LogP contribution in [0.5, 0.6) is 28.7 Å². The topological polar surface area (TPSA) is 200 Å². The Bertz CT molecular complexity index is 2150. The van der Waals surface area contributed by atoms with E-state index >= 15 is 0 Å². The maximum atomic E-state index is 14.5. The number of carbonyl (C=O) groups excluding carboxylic acids is 3. The third-order valence-corrected chi connectivity index (χ3v) is 11.3. The molecular formula is C37H37ClN3O12-. The summed E-state index contributed by atoms with van der Waals surface area (Å²) >= 11 is 6.62. The molecule has 1 aliphatic carbocycles. The van der Waals surface area contributed by atoms with Gasteiger partial charge in [-0.15, -0.1) is 0 Å². The minimum absolute atomic E-state index is 0.0283. The molecule has 4 heterocycles. The fourth-order valence-electron chi connectivity index (χ4n) is 8.42. The quantitative estimate of drug-likeness (QED) is 0.273. The number of carbonyl (C=O) groups is 3. The minimum Gasteiger partial charge on any atom is -0.733 e. The summed E-state index contributed by atoms with van der Waals surface area (Å²) in [5, 5.41) is 43.1. The molecule has 2 aromatic carbocycles. The molecule has 280 valence electrons. The summed E-state index contributed by atoms with van der Waals surface area (Å²) in [6, 6.07) is 8.60. The van der Waals surface area contributed by atoms with Gasteiger partial charge in [0, 0.05) is 67.6 Å². The summed E-state index contributed by atoms with van der Waals surface area (Å²) < 4.78 is 24.0. The number of hydrogen-bond acceptors (Lipinski definition) is 13. The molecule has 1 unspecified atom stereocenters. The van der Waals surface area contributed by atoms with E-state index in [-0.39, 0.29) is 95.1 Å². The second-order valence-corrected chi connectivity index (χ2v) is 14.3. The number of piperidine rings is 1. The summed E-state index contributed by atoms with van der Waals surface area (Å²) in [5.74, 6) is -4.60. The molecule has 16 heteroatoms. The number of pyridine rings is 1. The van der Waals surface area contributed by atoms with Crippen molar-refractivity contribution in [3.8, 4) is 28.7 Å². The van der Waals surface area contributed by atoms with Crippen molar-refractivity contribution in [1.82, 2.24) is 9.47 Å². The van der Waals surface area contributed by atoms with Gasteiger partial charge in [-0.1, -0.05) is 24.6 Å². The van der Waals surface area contributed by atoms with Crippen molar-refractivity contribution in [3.63, 3.8) is 0 Å². The van der Waals surface area contributed by atoms with Crippen molar-refractivity contribution in [2.75, 3.05) is 39.6 Å². The number of phenolic OH excluding ortho intramolecular Hbond substituents is 1. The van der Waals surface area contributed by atoms with Crippen molar-refractivity contribution in [2.24, 2.45) is 11.8 Å². The first-order valence-corrected chi connectivity index (χ1v) is 17.3. The number of methoxy groups -OCH3 is 3. The van der Waals surface area contributed by atoms with E-state index < -0.39 is 51.2 Å². The zero-order valence-electron chi connectivity index (χ0n) is 29.3. The first-order chi connectivity index (χ1) is 25.2. The van der Waals surface area contributed by atoms with Crippen LogP contribution in [0.4, 0.5) is 5.69 Å². The smallest absolute Gasteiger partial charge is 0.275 e. The molecule has 1 saturated heterocycles. The van der Waals surface area contributed by atoms with Crippen molar-refractivity contribution in [1.29, 1.82) is 0 Å². The molecule has 1 amide bonds. The van der Waals surface area contributed by atoms with Crippen molar-refractivity contribution >= 4 is 34.8 Å². The first-order valence-electron chi connectivity index (χ1n) is 16.9. The van der Waals surface area contributed by atoms with Gasteiger partial charge >= 0.3 is 0 Å². The molecule has 53 heavy (non-hydrogen) atoms. The lowest BCUT2D eigenvalue weighted by atomic mass is 9.69. The van der Waals surface area contributed by atoms with Crippen molar-refractivity contribution in [2.45, 2.75) is 50.2 Å². The Labute approximate surface area is 308 Å². The molecule has 0 radical (unpaired) electrons.